The molecule has 4 rings (SSSR count). The van der Waals surface area contributed by atoms with Crippen molar-refractivity contribution in [2.24, 2.45) is 5.84 Å². The molecule has 0 aliphatic carbocycles. The number of nitrogens with two attached hydrogens (primary N) is 2. The Morgan fingerprint density at radius 3 is 2.46 bits per heavy atom. The minimum absolute atomic E-state index is 0.174. The number of nitrogens with zero attached hydrogens (tertiary/aromatic N) is 2. The molecule has 0 saturated heterocycles. The van der Waals surface area contributed by atoms with Gasteiger partial charge in [-0.25, -0.2) is 5.84 Å². The highest BCUT2D eigenvalue weighted by Crippen LogP contribution is 2.25. The summed E-state index contributed by atoms with van der Waals surface area (Å²) in [5, 5.41) is 10.4. The fourth-order valence-corrected chi connectivity index (χ4v) is 4.03. The Bertz CT molecular complexity index is 1150. The number of rotatable bonds is 6. The Hall–Kier alpha value is -3.55. The normalized spacial score (nSPS) is 12.5. The van der Waals surface area contributed by atoms with Gasteiger partial charge in [0.1, 0.15) is 12.4 Å². The second-order valence-corrected chi connectivity index (χ2v) is 8.94. The molecule has 7 heteroatoms. The van der Waals surface area contributed by atoms with Gasteiger partial charge in [-0.15, -0.1) is 0 Å². The highest BCUT2D eigenvalue weighted by atomic mass is 16.5. The Labute approximate surface area is 221 Å². The van der Waals surface area contributed by atoms with Crippen molar-refractivity contribution in [3.63, 3.8) is 0 Å². The Kier molecular flexibility index (Phi) is 11.9. The maximum absolute atomic E-state index is 10.8. The maximum atomic E-state index is 10.8. The zero-order valence-electron chi connectivity index (χ0n) is 22.8. The van der Waals surface area contributed by atoms with Crippen LogP contribution in [0.5, 0.6) is 5.75 Å². The lowest BCUT2D eigenvalue weighted by Gasteiger charge is -2.21. The number of carbonyl (C=O) groups is 1. The number of aryl methyl sites for hydroxylation is 3. The molecule has 7 nitrogen and oxygen atoms in total. The second kappa shape index (κ2) is 14.9. The first-order valence-corrected chi connectivity index (χ1v) is 12.8. The van der Waals surface area contributed by atoms with Crippen LogP contribution in [0, 0.1) is 13.8 Å². The van der Waals surface area contributed by atoms with Gasteiger partial charge in [0, 0.05) is 38.7 Å². The predicted molar refractivity (Wildman–Crippen MR) is 153 cm³/mol. The van der Waals surface area contributed by atoms with Crippen LogP contribution in [0.15, 0.2) is 60.7 Å². The highest BCUT2D eigenvalue weighted by molar-refractivity contribution is 5.69. The molecule has 0 aromatic heterocycles. The van der Waals surface area contributed by atoms with Gasteiger partial charge in [-0.3, -0.25) is 9.69 Å². The molecule has 0 saturated carbocycles. The van der Waals surface area contributed by atoms with Crippen molar-refractivity contribution in [3.05, 3.63) is 88.5 Å². The van der Waals surface area contributed by atoms with Gasteiger partial charge in [0.25, 0.3) is 0 Å². The number of hydrazine groups is 1. The lowest BCUT2D eigenvalue weighted by atomic mass is 10.0. The molecule has 0 unspecified atom stereocenters. The summed E-state index contributed by atoms with van der Waals surface area (Å²) in [6.07, 6.45) is 0.752. The number of benzene rings is 3. The summed E-state index contributed by atoms with van der Waals surface area (Å²) in [6, 6.07) is 20.2. The molecule has 1 heterocycles. The molecule has 0 radical (unpaired) electrons. The van der Waals surface area contributed by atoms with Gasteiger partial charge in [-0.05, 0) is 54.7 Å². The lowest BCUT2D eigenvalue weighted by molar-refractivity contribution is -0.136. The van der Waals surface area contributed by atoms with Crippen molar-refractivity contribution in [1.29, 1.82) is 0 Å². The van der Waals surface area contributed by atoms with Crippen molar-refractivity contribution in [3.8, 4) is 5.75 Å². The molecule has 37 heavy (non-hydrogen) atoms. The summed E-state index contributed by atoms with van der Waals surface area (Å²) in [5.41, 5.74) is 13.2. The molecule has 1 aliphatic rings. The summed E-state index contributed by atoms with van der Waals surface area (Å²) in [6.45, 7) is 11.4. The molecular formula is C30H42N4O3. The topological polar surface area (TPSA) is 105 Å². The van der Waals surface area contributed by atoms with Gasteiger partial charge in [-0.1, -0.05) is 62.4 Å². The average molecular weight is 507 g/mol. The smallest absolute Gasteiger partial charge is 0.303 e. The van der Waals surface area contributed by atoms with E-state index in [2.05, 4.69) is 30.0 Å². The molecule has 0 bridgehead atoms. The van der Waals surface area contributed by atoms with Crippen LogP contribution in [0.4, 0.5) is 11.4 Å². The zero-order chi connectivity index (χ0) is 27.4. The van der Waals surface area contributed by atoms with Crippen LogP contribution in [0.1, 0.15) is 48.1 Å². The third-order valence-electron chi connectivity index (χ3n) is 6.15. The van der Waals surface area contributed by atoms with Gasteiger partial charge in [-0.2, -0.15) is 0 Å². The third kappa shape index (κ3) is 9.12. The van der Waals surface area contributed by atoms with E-state index in [1.807, 2.05) is 63.2 Å². The minimum atomic E-state index is -0.751. The van der Waals surface area contributed by atoms with E-state index in [4.69, 9.17) is 21.4 Å². The van der Waals surface area contributed by atoms with Crippen molar-refractivity contribution >= 4 is 17.3 Å². The quantitative estimate of drug-likeness (QED) is 0.236. The SMILES string of the molecule is CC.Cc1ccc(CCC(=O)O)cc1CN1CCOc2ccccc2C1.Cc1cccc(N(C)N)c1N. The first-order valence-electron chi connectivity index (χ1n) is 12.8. The van der Waals surface area contributed by atoms with E-state index in [1.165, 1.54) is 21.7 Å². The standard InChI is InChI=1S/C20H23NO3.C8H13N3.C2H6/c1-15-6-7-16(8-9-20(22)23)12-18(15)14-21-10-11-24-19-5-3-2-4-17(19)13-21;1-6-4-3-5-7(8(6)9)11(2)10;1-2/h2-7,12H,8-11,13-14H2,1H3,(H,22,23);3-5H,9-10H2,1-2H3;1-2H3. The van der Waals surface area contributed by atoms with Crippen molar-refractivity contribution < 1.29 is 14.6 Å². The summed E-state index contributed by atoms with van der Waals surface area (Å²) >= 11 is 0. The van der Waals surface area contributed by atoms with Crippen molar-refractivity contribution in [2.45, 2.75) is 53.6 Å². The van der Waals surface area contributed by atoms with E-state index in [0.717, 1.165) is 47.9 Å². The van der Waals surface area contributed by atoms with Crippen LogP contribution in [0.25, 0.3) is 0 Å². The minimum Gasteiger partial charge on any atom is -0.492 e. The summed E-state index contributed by atoms with van der Waals surface area (Å²) in [5.74, 6) is 5.76. The molecule has 3 aromatic carbocycles. The maximum Gasteiger partial charge on any atom is 0.303 e. The first-order chi connectivity index (χ1) is 17.7. The van der Waals surface area contributed by atoms with E-state index >= 15 is 0 Å². The summed E-state index contributed by atoms with van der Waals surface area (Å²) in [4.78, 5) is 13.2. The van der Waals surface area contributed by atoms with E-state index in [9.17, 15) is 4.79 Å². The van der Waals surface area contributed by atoms with Crippen LogP contribution >= 0.6 is 0 Å². The number of aliphatic carboxylic acids is 1. The number of hydrogen-bond acceptors (Lipinski definition) is 6. The molecule has 0 atom stereocenters. The van der Waals surface area contributed by atoms with Crippen LogP contribution < -0.4 is 21.3 Å². The highest BCUT2D eigenvalue weighted by Gasteiger charge is 2.16. The molecule has 0 amide bonds. The van der Waals surface area contributed by atoms with Crippen molar-refractivity contribution in [2.75, 3.05) is 30.9 Å². The predicted octanol–water partition coefficient (Wildman–Crippen LogP) is 5.32. The number of ether oxygens (including phenoxy) is 1. The van der Waals surface area contributed by atoms with Crippen LogP contribution in [-0.4, -0.2) is 36.2 Å². The zero-order valence-corrected chi connectivity index (χ0v) is 22.8. The average Bonchev–Trinajstić information content (AvgIpc) is 3.09. The van der Waals surface area contributed by atoms with Gasteiger partial charge in [0.15, 0.2) is 0 Å². The Morgan fingerprint density at radius 2 is 1.78 bits per heavy atom. The summed E-state index contributed by atoms with van der Waals surface area (Å²) < 4.78 is 5.83. The van der Waals surface area contributed by atoms with E-state index in [0.29, 0.717) is 13.0 Å². The molecule has 5 N–H and O–H groups in total. The van der Waals surface area contributed by atoms with E-state index < -0.39 is 5.97 Å². The number of carboxylic acid groups (broad SMARTS) is 1. The summed E-state index contributed by atoms with van der Waals surface area (Å²) in [7, 11) is 1.77. The number of carboxylic acids is 1. The largest absolute Gasteiger partial charge is 0.492 e. The number of anilines is 2. The molecule has 200 valence electrons. The van der Waals surface area contributed by atoms with E-state index in [1.54, 1.807) is 7.05 Å². The number of hydrogen-bond donors (Lipinski definition) is 3. The van der Waals surface area contributed by atoms with Crippen LogP contribution in [-0.2, 0) is 24.3 Å². The van der Waals surface area contributed by atoms with Gasteiger partial charge in [0.2, 0.25) is 0 Å². The Balaban J connectivity index is 0.000000311. The second-order valence-electron chi connectivity index (χ2n) is 8.94. The van der Waals surface area contributed by atoms with Crippen LogP contribution in [0.3, 0.4) is 0 Å². The van der Waals surface area contributed by atoms with Gasteiger partial charge < -0.3 is 20.6 Å². The number of para-hydroxylation sites is 2. The van der Waals surface area contributed by atoms with Gasteiger partial charge in [0.05, 0.1) is 11.4 Å². The Morgan fingerprint density at radius 1 is 1.05 bits per heavy atom. The fourth-order valence-electron chi connectivity index (χ4n) is 4.03. The number of fused-ring (bicyclic) bond motifs is 1. The van der Waals surface area contributed by atoms with Gasteiger partial charge >= 0.3 is 5.97 Å². The van der Waals surface area contributed by atoms with Crippen molar-refractivity contribution in [1.82, 2.24) is 4.90 Å². The molecule has 0 spiro atoms. The molecule has 3 aromatic rings. The lowest BCUT2D eigenvalue weighted by Crippen LogP contribution is -2.26. The first kappa shape index (κ1) is 29.7. The monoisotopic (exact) mass is 506 g/mol. The van der Waals surface area contributed by atoms with Crippen LogP contribution in [0.2, 0.25) is 0 Å². The molecule has 0 fully saturated rings. The fraction of sp³-hybridized carbons (Fsp3) is 0.367. The molecule has 1 aliphatic heterocycles. The third-order valence-corrected chi connectivity index (χ3v) is 6.15. The number of nitrogen functional groups attached to an aromatic ring is 1. The molecular weight excluding hydrogens is 464 g/mol. The van der Waals surface area contributed by atoms with E-state index in [-0.39, 0.29) is 6.42 Å².